The van der Waals surface area contributed by atoms with Gasteiger partial charge in [-0.25, -0.2) is 4.39 Å². The minimum absolute atomic E-state index is 0.182. The van der Waals surface area contributed by atoms with E-state index in [0.717, 1.165) is 11.3 Å². The topological polar surface area (TPSA) is 41.8 Å². The fourth-order valence-corrected chi connectivity index (χ4v) is 4.06. The first-order valence-electron chi connectivity index (χ1n) is 7.92. The van der Waals surface area contributed by atoms with Crippen LogP contribution in [0.2, 0.25) is 5.02 Å². The van der Waals surface area contributed by atoms with Crippen LogP contribution in [0.15, 0.2) is 52.8 Å². The molecule has 0 radical (unpaired) electrons. The predicted octanol–water partition coefficient (Wildman–Crippen LogP) is 5.27. The molecule has 0 aliphatic carbocycles. The zero-order valence-electron chi connectivity index (χ0n) is 14.6. The van der Waals surface area contributed by atoms with Gasteiger partial charge < -0.3 is 9.84 Å². The fraction of sp³-hybridized carbons (Fsp3) is 0.211. The van der Waals surface area contributed by atoms with Crippen molar-refractivity contribution >= 4 is 39.9 Å². The van der Waals surface area contributed by atoms with Crippen molar-refractivity contribution in [3.05, 3.63) is 64.2 Å². The summed E-state index contributed by atoms with van der Waals surface area (Å²) in [6.07, 6.45) is 0. The Balaban J connectivity index is 2.41. The molecule has 4 nitrogen and oxygen atoms in total. The van der Waals surface area contributed by atoms with Gasteiger partial charge in [0.15, 0.2) is 17.1 Å². The molecule has 1 atom stereocenters. The van der Waals surface area contributed by atoms with E-state index < -0.39 is 5.82 Å². The number of aliphatic hydroxyl groups excluding tert-OH is 1. The van der Waals surface area contributed by atoms with Gasteiger partial charge in [0.1, 0.15) is 28.9 Å². The molecule has 2 aromatic carbocycles. The van der Waals surface area contributed by atoms with E-state index in [1.165, 1.54) is 12.1 Å². The number of allylic oxidation sites excluding steroid dienone is 1. The Bertz CT molecular complexity index is 943. The summed E-state index contributed by atoms with van der Waals surface area (Å²) >= 11 is 13.0. The normalized spacial score (nSPS) is 19.7. The number of aliphatic hydroxyl groups is 1. The van der Waals surface area contributed by atoms with Crippen LogP contribution in [0, 0.1) is 12.7 Å². The summed E-state index contributed by atoms with van der Waals surface area (Å²) in [6, 6.07) is 9.61. The van der Waals surface area contributed by atoms with Crippen LogP contribution in [0.1, 0.15) is 12.5 Å². The van der Waals surface area contributed by atoms with E-state index in [0.29, 0.717) is 22.8 Å². The number of nitrogens with zero attached hydrogens (tertiary/aromatic N) is 2. The average Bonchev–Trinajstić information content (AvgIpc) is 2.84. The van der Waals surface area contributed by atoms with Crippen molar-refractivity contribution in [2.75, 3.05) is 13.7 Å². The zero-order valence-corrected chi connectivity index (χ0v) is 16.1. The van der Waals surface area contributed by atoms with Crippen LogP contribution in [0.3, 0.4) is 0 Å². The Labute approximate surface area is 161 Å². The van der Waals surface area contributed by atoms with E-state index in [9.17, 15) is 9.50 Å². The molecule has 0 saturated heterocycles. The third kappa shape index (κ3) is 2.72. The summed E-state index contributed by atoms with van der Waals surface area (Å²) in [5, 5.41) is 10.5. The molecule has 1 unspecified atom stereocenters. The number of hydrogen-bond acceptors (Lipinski definition) is 3. The molecular formula is C19H18Cl2FN2O2+. The van der Waals surface area contributed by atoms with Crippen molar-refractivity contribution in [2.45, 2.75) is 13.8 Å². The van der Waals surface area contributed by atoms with Crippen LogP contribution in [-0.2, 0) is 0 Å². The SMILES string of the molecule is COc1ccc([N+]2(c3ccc(F)cc3Cl)C(Cl)=NC(C)=C2CO)c(C)c1. The molecule has 26 heavy (non-hydrogen) atoms. The molecular weight excluding hydrogens is 378 g/mol. The van der Waals surface area contributed by atoms with Crippen LogP contribution in [0.25, 0.3) is 0 Å². The molecule has 0 aromatic heterocycles. The summed E-state index contributed by atoms with van der Waals surface area (Å²) in [5.74, 6) is 0.231. The van der Waals surface area contributed by atoms with Crippen molar-refractivity contribution in [3.8, 4) is 5.75 Å². The van der Waals surface area contributed by atoms with Crippen LogP contribution in [-0.4, -0.2) is 24.1 Å². The van der Waals surface area contributed by atoms with Gasteiger partial charge in [0.25, 0.3) is 0 Å². The standard InChI is InChI=1S/C19H18Cl2FN2O2/c1-11-8-14(26-3)5-7-16(11)24(17-6-4-13(22)9-15(17)20)18(10-25)12(2)23-19(24)21/h4-9,25H,10H2,1-3H3/q+1. The Morgan fingerprint density at radius 2 is 1.81 bits per heavy atom. The lowest BCUT2D eigenvalue weighted by molar-refractivity contribution is 0.310. The minimum Gasteiger partial charge on any atom is -0.497 e. The number of quaternary nitrogens is 1. The molecule has 0 amide bonds. The number of aryl methyl sites for hydroxylation is 1. The molecule has 7 heteroatoms. The first-order chi connectivity index (χ1) is 12.4. The first kappa shape index (κ1) is 18.9. The average molecular weight is 396 g/mol. The molecule has 3 rings (SSSR count). The van der Waals surface area contributed by atoms with Gasteiger partial charge in [0.05, 0.1) is 7.11 Å². The van der Waals surface area contributed by atoms with Crippen LogP contribution >= 0.6 is 23.2 Å². The van der Waals surface area contributed by atoms with Crippen molar-refractivity contribution < 1.29 is 14.2 Å². The van der Waals surface area contributed by atoms with Gasteiger partial charge in [-0.3, -0.25) is 0 Å². The Kier molecular flexibility index (Phi) is 5.08. The highest BCUT2D eigenvalue weighted by atomic mass is 35.5. The van der Waals surface area contributed by atoms with Crippen molar-refractivity contribution in [3.63, 3.8) is 0 Å². The van der Waals surface area contributed by atoms with E-state index in [-0.39, 0.29) is 21.4 Å². The van der Waals surface area contributed by atoms with Gasteiger partial charge >= 0.3 is 5.29 Å². The van der Waals surface area contributed by atoms with E-state index in [1.807, 2.05) is 19.1 Å². The van der Waals surface area contributed by atoms with E-state index >= 15 is 0 Å². The number of methoxy groups -OCH3 is 1. The molecule has 1 heterocycles. The van der Waals surface area contributed by atoms with Crippen molar-refractivity contribution in [2.24, 2.45) is 4.99 Å². The fourth-order valence-electron chi connectivity index (χ4n) is 3.36. The predicted molar refractivity (Wildman–Crippen MR) is 104 cm³/mol. The van der Waals surface area contributed by atoms with Crippen LogP contribution in [0.5, 0.6) is 5.75 Å². The van der Waals surface area contributed by atoms with Gasteiger partial charge in [-0.1, -0.05) is 11.6 Å². The molecule has 1 N–H and O–H groups in total. The summed E-state index contributed by atoms with van der Waals surface area (Å²) in [6.45, 7) is 3.39. The minimum atomic E-state index is -0.457. The number of amidine groups is 1. The number of ether oxygens (including phenoxy) is 1. The smallest absolute Gasteiger partial charge is 0.315 e. The number of hydrogen-bond donors (Lipinski definition) is 1. The highest BCUT2D eigenvalue weighted by molar-refractivity contribution is 6.68. The van der Waals surface area contributed by atoms with Gasteiger partial charge in [-0.2, -0.15) is 9.48 Å². The van der Waals surface area contributed by atoms with E-state index in [1.54, 1.807) is 26.2 Å². The maximum atomic E-state index is 13.7. The molecule has 1 aliphatic rings. The quantitative estimate of drug-likeness (QED) is 0.565. The molecule has 0 fully saturated rings. The monoisotopic (exact) mass is 395 g/mol. The van der Waals surface area contributed by atoms with Crippen LogP contribution < -0.4 is 9.22 Å². The Morgan fingerprint density at radius 1 is 1.12 bits per heavy atom. The highest BCUT2D eigenvalue weighted by Crippen LogP contribution is 2.50. The third-order valence-corrected chi connectivity index (χ3v) is 5.19. The second-order valence-electron chi connectivity index (χ2n) is 5.99. The first-order valence-corrected chi connectivity index (χ1v) is 8.67. The molecule has 2 aromatic rings. The number of aliphatic imine (C=N–C) groups is 1. The number of halogens is 3. The summed E-state index contributed by atoms with van der Waals surface area (Å²) < 4.78 is 18.8. The molecule has 0 bridgehead atoms. The highest BCUT2D eigenvalue weighted by Gasteiger charge is 2.50. The second-order valence-corrected chi connectivity index (χ2v) is 6.74. The molecule has 0 saturated carbocycles. The Hall–Kier alpha value is -1.92. The van der Waals surface area contributed by atoms with Gasteiger partial charge in [0.2, 0.25) is 0 Å². The third-order valence-electron chi connectivity index (χ3n) is 4.55. The van der Waals surface area contributed by atoms with Crippen LogP contribution in [0.4, 0.5) is 15.8 Å². The molecule has 136 valence electrons. The summed E-state index contributed by atoms with van der Waals surface area (Å²) in [7, 11) is 1.59. The largest absolute Gasteiger partial charge is 0.497 e. The molecule has 1 aliphatic heterocycles. The maximum absolute atomic E-state index is 13.7. The van der Waals surface area contributed by atoms with Gasteiger partial charge in [-0.05, 0) is 38.1 Å². The van der Waals surface area contributed by atoms with Crippen molar-refractivity contribution in [1.29, 1.82) is 0 Å². The van der Waals surface area contributed by atoms with Crippen molar-refractivity contribution in [1.82, 2.24) is 4.48 Å². The number of benzene rings is 2. The lowest BCUT2D eigenvalue weighted by Crippen LogP contribution is -2.46. The van der Waals surface area contributed by atoms with Gasteiger partial charge in [-0.15, -0.1) is 0 Å². The second kappa shape index (κ2) is 7.00. The molecule has 0 spiro atoms. The lowest BCUT2D eigenvalue weighted by Gasteiger charge is -2.34. The van der Waals surface area contributed by atoms with E-state index in [2.05, 4.69) is 4.99 Å². The summed E-state index contributed by atoms with van der Waals surface area (Å²) in [5.41, 5.74) is 3.26. The Morgan fingerprint density at radius 3 is 2.38 bits per heavy atom. The maximum Gasteiger partial charge on any atom is 0.315 e. The summed E-state index contributed by atoms with van der Waals surface area (Å²) in [4.78, 5) is 4.39. The lowest BCUT2D eigenvalue weighted by atomic mass is 10.1. The van der Waals surface area contributed by atoms with E-state index in [4.69, 9.17) is 27.9 Å². The number of rotatable bonds is 4. The van der Waals surface area contributed by atoms with Gasteiger partial charge in [0, 0.05) is 29.3 Å². The zero-order chi connectivity index (χ0) is 19.1.